The van der Waals surface area contributed by atoms with Gasteiger partial charge in [-0.2, -0.15) is 4.98 Å². The predicted octanol–water partition coefficient (Wildman–Crippen LogP) is 2.90. The van der Waals surface area contributed by atoms with Gasteiger partial charge in [-0.25, -0.2) is 0 Å². The van der Waals surface area contributed by atoms with Crippen molar-refractivity contribution in [3.63, 3.8) is 0 Å². The van der Waals surface area contributed by atoms with Gasteiger partial charge in [0.15, 0.2) is 0 Å². The van der Waals surface area contributed by atoms with Gasteiger partial charge in [-0.15, -0.1) is 0 Å². The molecule has 5 nitrogen and oxygen atoms in total. The number of ether oxygens (including phenoxy) is 1. The Morgan fingerprint density at radius 1 is 1.25 bits per heavy atom. The Bertz CT molecular complexity index is 551. The Balaban J connectivity index is 2.14. The molecule has 0 amide bonds. The van der Waals surface area contributed by atoms with Gasteiger partial charge in [-0.05, 0) is 38.0 Å². The summed E-state index contributed by atoms with van der Waals surface area (Å²) < 4.78 is 11.1. The van der Waals surface area contributed by atoms with Gasteiger partial charge in [-0.3, -0.25) is 0 Å². The molecule has 1 aromatic carbocycles. The summed E-state index contributed by atoms with van der Waals surface area (Å²) >= 11 is 0. The smallest absolute Gasteiger partial charge is 0.231 e. The van der Waals surface area contributed by atoms with Crippen molar-refractivity contribution in [2.45, 2.75) is 39.2 Å². The first-order valence-corrected chi connectivity index (χ1v) is 6.89. The summed E-state index contributed by atoms with van der Waals surface area (Å²) in [6, 6.07) is 7.65. The normalized spacial score (nSPS) is 14.2. The average Bonchev–Trinajstić information content (AvgIpc) is 2.91. The number of nitrogens with zero attached hydrogens (tertiary/aromatic N) is 2. The van der Waals surface area contributed by atoms with Crippen LogP contribution >= 0.6 is 0 Å². The minimum Gasteiger partial charge on any atom is -0.399 e. The first kappa shape index (κ1) is 14.5. The summed E-state index contributed by atoms with van der Waals surface area (Å²) in [4.78, 5) is 4.46. The van der Waals surface area contributed by atoms with E-state index in [9.17, 15) is 0 Å². The van der Waals surface area contributed by atoms with Gasteiger partial charge in [0.1, 0.15) is 5.60 Å². The van der Waals surface area contributed by atoms with Crippen LogP contribution in [0.3, 0.4) is 0 Å². The van der Waals surface area contributed by atoms with E-state index in [1.807, 2.05) is 45.0 Å². The third-order valence-electron chi connectivity index (χ3n) is 3.41. The molecule has 0 radical (unpaired) electrons. The minimum absolute atomic E-state index is 0.488. The zero-order chi connectivity index (χ0) is 14.6. The lowest BCUT2D eigenvalue weighted by molar-refractivity contribution is -0.0403. The van der Waals surface area contributed by atoms with Crippen LogP contribution in [0, 0.1) is 0 Å². The quantitative estimate of drug-likeness (QED) is 0.820. The highest BCUT2D eigenvalue weighted by Gasteiger charge is 2.30. The zero-order valence-electron chi connectivity index (χ0n) is 12.2. The molecule has 2 N–H and O–H groups in total. The van der Waals surface area contributed by atoms with Crippen LogP contribution in [-0.4, -0.2) is 16.7 Å². The molecule has 0 aliphatic heterocycles. The number of aromatic nitrogens is 2. The van der Waals surface area contributed by atoms with Gasteiger partial charge in [0.25, 0.3) is 0 Å². The van der Waals surface area contributed by atoms with E-state index in [0.29, 0.717) is 24.7 Å². The van der Waals surface area contributed by atoms with E-state index in [1.54, 1.807) is 0 Å². The summed E-state index contributed by atoms with van der Waals surface area (Å²) in [5, 5.41) is 4.06. The Hall–Kier alpha value is -1.88. The first-order valence-electron chi connectivity index (χ1n) is 6.89. The van der Waals surface area contributed by atoms with Crippen molar-refractivity contribution in [3.05, 3.63) is 41.5 Å². The third-order valence-corrected chi connectivity index (χ3v) is 3.41. The second kappa shape index (κ2) is 6.05. The highest BCUT2D eigenvalue weighted by atomic mass is 16.5. The van der Waals surface area contributed by atoms with Crippen LogP contribution in [0.5, 0.6) is 0 Å². The third kappa shape index (κ3) is 3.17. The lowest BCUT2D eigenvalue weighted by Gasteiger charge is -2.23. The number of anilines is 1. The fourth-order valence-corrected chi connectivity index (χ4v) is 1.99. The topological polar surface area (TPSA) is 74.2 Å². The van der Waals surface area contributed by atoms with E-state index in [-0.39, 0.29) is 0 Å². The predicted molar refractivity (Wildman–Crippen MR) is 77.2 cm³/mol. The van der Waals surface area contributed by atoms with E-state index in [2.05, 4.69) is 10.1 Å². The van der Waals surface area contributed by atoms with Gasteiger partial charge in [0.2, 0.25) is 11.7 Å². The molecule has 1 unspecified atom stereocenters. The van der Waals surface area contributed by atoms with Crippen LogP contribution in [0.15, 0.2) is 28.8 Å². The van der Waals surface area contributed by atoms with Gasteiger partial charge in [-0.1, -0.05) is 24.2 Å². The van der Waals surface area contributed by atoms with Gasteiger partial charge in [0, 0.05) is 12.3 Å². The molecule has 20 heavy (non-hydrogen) atoms. The van der Waals surface area contributed by atoms with Crippen molar-refractivity contribution in [2.75, 3.05) is 12.3 Å². The summed E-state index contributed by atoms with van der Waals surface area (Å²) in [5.41, 5.74) is 7.01. The van der Waals surface area contributed by atoms with Gasteiger partial charge in [0.05, 0.1) is 6.42 Å². The van der Waals surface area contributed by atoms with Crippen molar-refractivity contribution >= 4 is 5.69 Å². The van der Waals surface area contributed by atoms with E-state index >= 15 is 0 Å². The Kier molecular flexibility index (Phi) is 4.39. The van der Waals surface area contributed by atoms with Crippen molar-refractivity contribution < 1.29 is 9.26 Å². The summed E-state index contributed by atoms with van der Waals surface area (Å²) in [5.74, 6) is 1.19. The molecule has 0 saturated heterocycles. The van der Waals surface area contributed by atoms with Crippen molar-refractivity contribution in [2.24, 2.45) is 0 Å². The molecule has 0 aliphatic rings. The van der Waals surface area contributed by atoms with Crippen LogP contribution in [0.2, 0.25) is 0 Å². The molecule has 0 fully saturated rings. The molecular formula is C15H21N3O2. The summed E-state index contributed by atoms with van der Waals surface area (Å²) in [6.07, 6.45) is 1.39. The van der Waals surface area contributed by atoms with Crippen molar-refractivity contribution in [3.8, 4) is 0 Å². The summed E-state index contributed by atoms with van der Waals surface area (Å²) in [6.45, 7) is 6.61. The highest BCUT2D eigenvalue weighted by Crippen LogP contribution is 2.26. The maximum Gasteiger partial charge on any atom is 0.231 e. The molecule has 1 aromatic heterocycles. The molecule has 0 bridgehead atoms. The van der Waals surface area contributed by atoms with E-state index in [4.69, 9.17) is 15.0 Å². The Labute approximate surface area is 119 Å². The molecule has 5 heteroatoms. The average molecular weight is 275 g/mol. The second-order valence-corrected chi connectivity index (χ2v) is 4.95. The Morgan fingerprint density at radius 2 is 1.95 bits per heavy atom. The van der Waals surface area contributed by atoms with Crippen LogP contribution < -0.4 is 5.73 Å². The maximum absolute atomic E-state index is 5.74. The number of nitrogen functional groups attached to an aromatic ring is 1. The molecule has 2 aromatic rings. The number of hydrogen-bond acceptors (Lipinski definition) is 5. The minimum atomic E-state index is -0.488. The number of benzene rings is 1. The van der Waals surface area contributed by atoms with Crippen molar-refractivity contribution in [1.29, 1.82) is 0 Å². The lowest BCUT2D eigenvalue weighted by atomic mass is 10.0. The molecule has 0 saturated carbocycles. The Morgan fingerprint density at radius 3 is 2.55 bits per heavy atom. The van der Waals surface area contributed by atoms with E-state index in [1.165, 1.54) is 0 Å². The second-order valence-electron chi connectivity index (χ2n) is 4.95. The number of nitrogens with two attached hydrogens (primary N) is 1. The molecule has 2 rings (SSSR count). The van der Waals surface area contributed by atoms with Crippen molar-refractivity contribution in [1.82, 2.24) is 10.1 Å². The number of rotatable bonds is 6. The molecule has 1 heterocycles. The van der Waals surface area contributed by atoms with Gasteiger partial charge < -0.3 is 15.0 Å². The molecular weight excluding hydrogens is 254 g/mol. The summed E-state index contributed by atoms with van der Waals surface area (Å²) in [7, 11) is 0. The monoisotopic (exact) mass is 275 g/mol. The van der Waals surface area contributed by atoms with Crippen LogP contribution in [0.1, 0.15) is 44.5 Å². The fourth-order valence-electron chi connectivity index (χ4n) is 1.99. The van der Waals surface area contributed by atoms with E-state index < -0.39 is 5.60 Å². The lowest BCUT2D eigenvalue weighted by Crippen LogP contribution is -2.26. The molecule has 0 spiro atoms. The number of hydrogen-bond donors (Lipinski definition) is 1. The SMILES string of the molecule is CCOC(C)(CC)c1noc(Cc2ccc(N)cc2)n1. The molecule has 1 atom stereocenters. The van der Waals surface area contributed by atoms with E-state index in [0.717, 1.165) is 17.7 Å². The van der Waals surface area contributed by atoms with Crippen LogP contribution in [0.25, 0.3) is 0 Å². The molecule has 108 valence electrons. The van der Waals surface area contributed by atoms with Crippen LogP contribution in [0.4, 0.5) is 5.69 Å². The highest BCUT2D eigenvalue weighted by molar-refractivity contribution is 5.39. The maximum atomic E-state index is 5.74. The largest absolute Gasteiger partial charge is 0.399 e. The molecule has 0 aliphatic carbocycles. The first-order chi connectivity index (χ1) is 9.57. The zero-order valence-corrected chi connectivity index (χ0v) is 12.2. The van der Waals surface area contributed by atoms with Crippen LogP contribution in [-0.2, 0) is 16.8 Å². The fraction of sp³-hybridized carbons (Fsp3) is 0.467. The van der Waals surface area contributed by atoms with Gasteiger partial charge >= 0.3 is 0 Å². The standard InChI is InChI=1S/C15H21N3O2/c1-4-15(3,19-5-2)14-17-13(20-18-14)10-11-6-8-12(16)9-7-11/h6-9H,4-5,10,16H2,1-3H3.